The molecule has 1 saturated heterocycles. The average molecular weight is 637 g/mol. The fourth-order valence-electron chi connectivity index (χ4n) is 7.36. The number of piperidine rings is 1. The van der Waals surface area contributed by atoms with Crippen molar-refractivity contribution in [3.63, 3.8) is 0 Å². The Bertz CT molecular complexity index is 1320. The molecule has 6 atom stereocenters. The number of carbonyl (C=O) groups excluding carboxylic acids is 6. The van der Waals surface area contributed by atoms with Crippen LogP contribution in [0.25, 0.3) is 0 Å². The molecule has 250 valence electrons. The number of hydrogen-bond acceptors (Lipinski definition) is 7. The Balaban J connectivity index is 1.60. The molecule has 0 radical (unpaired) electrons. The Hall–Kier alpha value is -4.02. The third-order valence-electron chi connectivity index (χ3n) is 9.91. The third kappa shape index (κ3) is 7.67. The van der Waals surface area contributed by atoms with Gasteiger partial charge in [-0.05, 0) is 42.4 Å². The topological polar surface area (TPSA) is 151 Å². The van der Waals surface area contributed by atoms with Crippen LogP contribution < -0.4 is 16.0 Å². The largest absolute Gasteiger partial charge is 0.447 e. The first kappa shape index (κ1) is 34.8. The van der Waals surface area contributed by atoms with Crippen molar-refractivity contribution in [2.75, 3.05) is 13.1 Å². The van der Waals surface area contributed by atoms with E-state index in [1.54, 1.807) is 35.2 Å². The van der Waals surface area contributed by atoms with Crippen molar-refractivity contribution < 1.29 is 33.5 Å². The summed E-state index contributed by atoms with van der Waals surface area (Å²) in [5.74, 6) is -3.84. The lowest BCUT2D eigenvalue weighted by molar-refractivity contribution is -0.156. The van der Waals surface area contributed by atoms with Crippen LogP contribution in [0.5, 0.6) is 0 Å². The molecule has 0 spiro atoms. The van der Waals surface area contributed by atoms with E-state index in [9.17, 15) is 28.8 Å². The maximum absolute atomic E-state index is 14.5. The number of esters is 1. The van der Waals surface area contributed by atoms with Gasteiger partial charge in [0.15, 0.2) is 0 Å². The normalized spacial score (nSPS) is 23.6. The minimum atomic E-state index is -1.24. The molecule has 3 aliphatic rings. The second kappa shape index (κ2) is 15.0. The molecule has 11 nitrogen and oxygen atoms in total. The van der Waals surface area contributed by atoms with Crippen molar-refractivity contribution in [1.82, 2.24) is 20.9 Å². The van der Waals surface area contributed by atoms with Gasteiger partial charge in [-0.3, -0.25) is 28.8 Å². The molecule has 46 heavy (non-hydrogen) atoms. The van der Waals surface area contributed by atoms with Gasteiger partial charge in [0, 0.05) is 25.6 Å². The molecule has 3 fully saturated rings. The number of ketones is 1. The zero-order valence-electron chi connectivity index (χ0n) is 27.4. The van der Waals surface area contributed by atoms with E-state index in [2.05, 4.69) is 36.4 Å². The molecule has 0 bridgehead atoms. The first-order chi connectivity index (χ1) is 21.9. The van der Waals surface area contributed by atoms with E-state index in [1.165, 1.54) is 13.0 Å². The Morgan fingerprint density at radius 3 is 2.33 bits per heavy atom. The van der Waals surface area contributed by atoms with Crippen molar-refractivity contribution in [2.45, 2.75) is 96.9 Å². The number of Topliss-reactive ketones (excluding diaryl/α,β-unsaturated/α-hetero) is 1. The number of nitrogens with one attached hydrogen (secondary N) is 3. The van der Waals surface area contributed by atoms with Crippen LogP contribution in [0.4, 0.5) is 0 Å². The predicted octanol–water partition coefficient (Wildman–Crippen LogP) is 3.00. The Morgan fingerprint density at radius 1 is 1.04 bits per heavy atom. The van der Waals surface area contributed by atoms with Crippen LogP contribution in [0.1, 0.15) is 84.3 Å². The van der Waals surface area contributed by atoms with Crippen molar-refractivity contribution in [3.8, 4) is 0 Å². The van der Waals surface area contributed by atoms with E-state index >= 15 is 0 Å². The van der Waals surface area contributed by atoms with Crippen LogP contribution >= 0.6 is 0 Å². The van der Waals surface area contributed by atoms with E-state index < -0.39 is 53.7 Å². The maximum Gasteiger partial charge on any atom is 0.303 e. The fraction of sp³-hybridized carbons (Fsp3) is 0.600. The van der Waals surface area contributed by atoms with Crippen molar-refractivity contribution in [3.05, 3.63) is 48.6 Å². The molecule has 0 aromatic heterocycles. The number of benzene rings is 1. The second-order valence-corrected chi connectivity index (χ2v) is 13.4. The monoisotopic (exact) mass is 636 g/mol. The van der Waals surface area contributed by atoms with Gasteiger partial charge in [0.05, 0.1) is 6.04 Å². The van der Waals surface area contributed by atoms with Gasteiger partial charge in [-0.1, -0.05) is 82.9 Å². The van der Waals surface area contributed by atoms with Crippen molar-refractivity contribution in [2.24, 2.45) is 23.2 Å². The van der Waals surface area contributed by atoms with Crippen molar-refractivity contribution in [1.29, 1.82) is 0 Å². The molecule has 1 heterocycles. The minimum Gasteiger partial charge on any atom is -0.447 e. The molecule has 3 N–H and O–H groups in total. The summed E-state index contributed by atoms with van der Waals surface area (Å²) in [6.45, 7) is 11.2. The number of amides is 4. The standard InChI is InChI=1S/C35H48N4O7/c1-6-14-25(29(41)32(43)36-19-7-2)37-31(42)28-26-24(35(26,4)5)20-39(28)34(45)27(22-15-10-8-11-16-22)38-33(44)30(46-21(3)40)23-17-12-9-13-18-23/h7,9,12-13,17-18,22,24-28,30H,2,6,8,10-11,14-16,19-20H2,1,3-5H3,(H,36,43)(H,37,42)(H,38,44)/t24-,25?,26-,27-,28-,30-/m0/s1. The lowest BCUT2D eigenvalue weighted by Gasteiger charge is -2.37. The maximum atomic E-state index is 14.5. The first-order valence-electron chi connectivity index (χ1n) is 16.5. The highest BCUT2D eigenvalue weighted by atomic mass is 16.5. The lowest BCUT2D eigenvalue weighted by Crippen LogP contribution is -2.60. The van der Waals surface area contributed by atoms with Crippen LogP contribution in [-0.4, -0.2) is 71.5 Å². The zero-order chi connectivity index (χ0) is 33.6. The molecule has 4 rings (SSSR count). The van der Waals surface area contributed by atoms with E-state index in [0.717, 1.165) is 32.1 Å². The van der Waals surface area contributed by atoms with Crippen LogP contribution in [0.15, 0.2) is 43.0 Å². The highest BCUT2D eigenvalue weighted by Gasteiger charge is 2.69. The van der Waals surface area contributed by atoms with E-state index in [0.29, 0.717) is 18.5 Å². The summed E-state index contributed by atoms with van der Waals surface area (Å²) < 4.78 is 5.43. The average Bonchev–Trinajstić information content (AvgIpc) is 3.35. The summed E-state index contributed by atoms with van der Waals surface area (Å²) in [6, 6.07) is 5.82. The molecule has 2 saturated carbocycles. The van der Waals surface area contributed by atoms with E-state index in [4.69, 9.17) is 4.74 Å². The first-order valence-corrected chi connectivity index (χ1v) is 16.5. The fourth-order valence-corrected chi connectivity index (χ4v) is 7.36. The minimum absolute atomic E-state index is 0.0734. The molecule has 2 aliphatic carbocycles. The molecular formula is C35H48N4O7. The van der Waals surface area contributed by atoms with Gasteiger partial charge in [-0.15, -0.1) is 6.58 Å². The highest BCUT2D eigenvalue weighted by Crippen LogP contribution is 2.65. The van der Waals surface area contributed by atoms with Crippen LogP contribution in [0.2, 0.25) is 0 Å². The number of ether oxygens (including phenoxy) is 1. The highest BCUT2D eigenvalue weighted by molar-refractivity contribution is 6.38. The van der Waals surface area contributed by atoms with Gasteiger partial charge in [-0.2, -0.15) is 0 Å². The summed E-state index contributed by atoms with van der Waals surface area (Å²) in [5, 5.41) is 8.22. The molecule has 1 aromatic carbocycles. The van der Waals surface area contributed by atoms with Crippen LogP contribution in [0.3, 0.4) is 0 Å². The zero-order valence-corrected chi connectivity index (χ0v) is 27.4. The summed E-state index contributed by atoms with van der Waals surface area (Å²) >= 11 is 0. The molecule has 1 unspecified atom stereocenters. The molecule has 1 aliphatic heterocycles. The predicted molar refractivity (Wildman–Crippen MR) is 171 cm³/mol. The number of carbonyl (C=O) groups is 6. The van der Waals surface area contributed by atoms with Crippen LogP contribution in [-0.2, 0) is 33.5 Å². The Morgan fingerprint density at radius 2 is 1.72 bits per heavy atom. The van der Waals surface area contributed by atoms with Gasteiger partial charge in [-0.25, -0.2) is 0 Å². The third-order valence-corrected chi connectivity index (χ3v) is 9.91. The molecule has 11 heteroatoms. The number of nitrogens with zero attached hydrogens (tertiary/aromatic N) is 1. The number of fused-ring (bicyclic) bond motifs is 1. The van der Waals surface area contributed by atoms with E-state index in [1.807, 2.05) is 6.92 Å². The Labute approximate surface area is 271 Å². The van der Waals surface area contributed by atoms with E-state index in [-0.39, 0.29) is 42.0 Å². The number of rotatable bonds is 14. The van der Waals surface area contributed by atoms with Gasteiger partial charge in [0.2, 0.25) is 23.7 Å². The van der Waals surface area contributed by atoms with Gasteiger partial charge in [0.1, 0.15) is 12.1 Å². The van der Waals surface area contributed by atoms with Gasteiger partial charge < -0.3 is 25.6 Å². The summed E-state index contributed by atoms with van der Waals surface area (Å²) in [6.07, 6.45) is 5.36. The van der Waals surface area contributed by atoms with Crippen LogP contribution in [0, 0.1) is 23.2 Å². The number of hydrogen-bond donors (Lipinski definition) is 3. The quantitative estimate of drug-likeness (QED) is 0.161. The smallest absolute Gasteiger partial charge is 0.303 e. The summed E-state index contributed by atoms with van der Waals surface area (Å²) in [7, 11) is 0. The SMILES string of the molecule is C=CCNC(=O)C(=O)C(CCC)NC(=O)[C@@H]1[C@@H]2[C@H](CN1C(=O)[C@@H](NC(=O)[C@@H](OC(C)=O)c1ccccc1)C1CCCCC1)C2(C)C. The number of likely N-dealkylation sites (tertiary alicyclic amines) is 1. The summed E-state index contributed by atoms with van der Waals surface area (Å²) in [5.41, 5.74) is 0.289. The molecule has 4 amide bonds. The Kier molecular flexibility index (Phi) is 11.4. The summed E-state index contributed by atoms with van der Waals surface area (Å²) in [4.78, 5) is 81.3. The van der Waals surface area contributed by atoms with Gasteiger partial charge in [0.25, 0.3) is 11.8 Å². The molecule has 1 aromatic rings. The van der Waals surface area contributed by atoms with Crippen molar-refractivity contribution >= 4 is 35.4 Å². The molecular weight excluding hydrogens is 588 g/mol. The van der Waals surface area contributed by atoms with Gasteiger partial charge >= 0.3 is 5.97 Å². The lowest BCUT2D eigenvalue weighted by atomic mass is 9.82. The second-order valence-electron chi connectivity index (χ2n) is 13.4.